The third-order valence-electron chi connectivity index (χ3n) is 3.09. The van der Waals surface area contributed by atoms with E-state index in [0.717, 1.165) is 6.54 Å². The van der Waals surface area contributed by atoms with Crippen molar-refractivity contribution in [1.29, 1.82) is 0 Å². The molecule has 0 radical (unpaired) electrons. The first-order chi connectivity index (χ1) is 7.78. The molecule has 1 N–H and O–H groups in total. The zero-order chi connectivity index (χ0) is 13.1. The average Bonchev–Trinajstić information content (AvgIpc) is 2.24. The van der Waals surface area contributed by atoms with Crippen LogP contribution in [0.1, 0.15) is 27.2 Å². The van der Waals surface area contributed by atoms with E-state index in [-0.39, 0.29) is 17.4 Å². The van der Waals surface area contributed by atoms with Gasteiger partial charge in [-0.05, 0) is 20.3 Å². The average molecular weight is 262 g/mol. The molecule has 1 aliphatic rings. The van der Waals surface area contributed by atoms with E-state index in [4.69, 9.17) is 0 Å². The first-order valence-electron chi connectivity index (χ1n) is 6.03. The van der Waals surface area contributed by atoms with Crippen molar-refractivity contribution in [1.82, 2.24) is 10.2 Å². The van der Waals surface area contributed by atoms with Gasteiger partial charge in [0, 0.05) is 25.4 Å². The number of carbonyl (C=O) groups excluding carboxylic acids is 1. The van der Waals surface area contributed by atoms with Gasteiger partial charge < -0.3 is 10.2 Å². The maximum absolute atomic E-state index is 12.0. The highest BCUT2D eigenvalue weighted by Gasteiger charge is 2.34. The number of nitrogens with one attached hydrogen (secondary N) is 1. The Bertz CT molecular complexity index is 376. The molecule has 1 fully saturated rings. The van der Waals surface area contributed by atoms with E-state index in [1.807, 2.05) is 13.8 Å². The fourth-order valence-electron chi connectivity index (χ4n) is 1.91. The molecular weight excluding hydrogens is 240 g/mol. The van der Waals surface area contributed by atoms with Gasteiger partial charge in [0.2, 0.25) is 5.91 Å². The second-order valence-corrected chi connectivity index (χ2v) is 7.41. The topological polar surface area (TPSA) is 66.5 Å². The van der Waals surface area contributed by atoms with Crippen LogP contribution in [0.4, 0.5) is 0 Å². The lowest BCUT2D eigenvalue weighted by molar-refractivity contribution is -0.139. The van der Waals surface area contributed by atoms with Gasteiger partial charge in [-0.1, -0.05) is 6.92 Å². The van der Waals surface area contributed by atoms with Crippen molar-refractivity contribution in [3.63, 3.8) is 0 Å². The number of rotatable bonds is 5. The molecule has 0 saturated carbocycles. The third-order valence-corrected chi connectivity index (χ3v) is 4.88. The van der Waals surface area contributed by atoms with Crippen LogP contribution in [-0.4, -0.2) is 55.9 Å². The Kier molecular flexibility index (Phi) is 4.55. The number of sulfone groups is 1. The summed E-state index contributed by atoms with van der Waals surface area (Å²) in [6, 6.07) is 0. The lowest BCUT2D eigenvalue weighted by Crippen LogP contribution is -2.61. The first kappa shape index (κ1) is 14.4. The summed E-state index contributed by atoms with van der Waals surface area (Å²) in [7, 11) is -2.92. The third kappa shape index (κ3) is 3.96. The van der Waals surface area contributed by atoms with E-state index >= 15 is 0 Å². The molecule has 6 heteroatoms. The molecule has 17 heavy (non-hydrogen) atoms. The molecule has 0 aromatic rings. The van der Waals surface area contributed by atoms with Gasteiger partial charge in [-0.15, -0.1) is 0 Å². The summed E-state index contributed by atoms with van der Waals surface area (Å²) in [4.78, 5) is 13.7. The van der Waals surface area contributed by atoms with Crippen LogP contribution in [-0.2, 0) is 14.6 Å². The lowest BCUT2D eigenvalue weighted by Gasteiger charge is -2.38. The molecule has 0 bridgehead atoms. The highest BCUT2D eigenvalue weighted by Crippen LogP contribution is 2.12. The summed E-state index contributed by atoms with van der Waals surface area (Å²) >= 11 is 0. The molecule has 1 rings (SSSR count). The van der Waals surface area contributed by atoms with Crippen molar-refractivity contribution in [3.8, 4) is 0 Å². The van der Waals surface area contributed by atoms with Crippen molar-refractivity contribution in [2.75, 3.05) is 31.1 Å². The minimum atomic E-state index is -2.92. The summed E-state index contributed by atoms with van der Waals surface area (Å²) in [5.74, 6) is 0.396. The van der Waals surface area contributed by atoms with E-state index < -0.39 is 15.4 Å². The highest BCUT2D eigenvalue weighted by atomic mass is 32.2. The zero-order valence-corrected chi connectivity index (χ0v) is 11.6. The molecule has 5 nitrogen and oxygen atoms in total. The maximum Gasteiger partial charge on any atom is 0.242 e. The molecule has 1 aliphatic heterocycles. The molecular formula is C11H22N2O3S. The molecule has 1 saturated heterocycles. The number of hydrogen-bond acceptors (Lipinski definition) is 4. The van der Waals surface area contributed by atoms with Gasteiger partial charge in [-0.2, -0.15) is 0 Å². The number of piperazine rings is 1. The van der Waals surface area contributed by atoms with Gasteiger partial charge in [0.15, 0.2) is 0 Å². The summed E-state index contributed by atoms with van der Waals surface area (Å²) in [6.45, 7) is 7.31. The van der Waals surface area contributed by atoms with Gasteiger partial charge >= 0.3 is 0 Å². The standard InChI is InChI=1S/C11H22N2O3S/c1-4-17(15,16)9-5-7-13-8-6-12-11(2,3)10(13)14/h12H,4-9H2,1-3H3. The number of carbonyl (C=O) groups is 1. The molecule has 0 aromatic heterocycles. The zero-order valence-electron chi connectivity index (χ0n) is 10.8. The van der Waals surface area contributed by atoms with E-state index in [1.165, 1.54) is 0 Å². The Hall–Kier alpha value is -0.620. The molecule has 0 spiro atoms. The highest BCUT2D eigenvalue weighted by molar-refractivity contribution is 7.91. The minimum absolute atomic E-state index is 0.0534. The van der Waals surface area contributed by atoms with Gasteiger partial charge in [0.1, 0.15) is 9.84 Å². The smallest absolute Gasteiger partial charge is 0.242 e. The van der Waals surface area contributed by atoms with Crippen molar-refractivity contribution in [3.05, 3.63) is 0 Å². The van der Waals surface area contributed by atoms with Crippen LogP contribution in [0.15, 0.2) is 0 Å². The van der Waals surface area contributed by atoms with E-state index in [2.05, 4.69) is 5.32 Å². The lowest BCUT2D eigenvalue weighted by atomic mass is 10.0. The second-order valence-electron chi connectivity index (χ2n) is 4.93. The Morgan fingerprint density at radius 1 is 1.41 bits per heavy atom. The van der Waals surface area contributed by atoms with Crippen LogP contribution in [0, 0.1) is 0 Å². The molecule has 0 unspecified atom stereocenters. The van der Waals surface area contributed by atoms with Crippen LogP contribution in [0.25, 0.3) is 0 Å². The quantitative estimate of drug-likeness (QED) is 0.758. The van der Waals surface area contributed by atoms with E-state index in [9.17, 15) is 13.2 Å². The van der Waals surface area contributed by atoms with Crippen molar-refractivity contribution < 1.29 is 13.2 Å². The molecule has 100 valence electrons. The molecule has 1 heterocycles. The summed E-state index contributed by atoms with van der Waals surface area (Å²) < 4.78 is 22.7. The fourth-order valence-corrected chi connectivity index (χ4v) is 2.77. The second kappa shape index (κ2) is 5.35. The number of amides is 1. The maximum atomic E-state index is 12.0. The Labute approximate surface area is 103 Å². The monoisotopic (exact) mass is 262 g/mol. The SMILES string of the molecule is CCS(=O)(=O)CCCN1CCNC(C)(C)C1=O. The predicted molar refractivity (Wildman–Crippen MR) is 67.6 cm³/mol. The van der Waals surface area contributed by atoms with Crippen LogP contribution >= 0.6 is 0 Å². The van der Waals surface area contributed by atoms with Crippen LogP contribution in [0.2, 0.25) is 0 Å². The normalized spacial score (nSPS) is 20.6. The summed E-state index contributed by atoms with van der Waals surface area (Å²) in [5.41, 5.74) is -0.526. The van der Waals surface area contributed by atoms with Crippen molar-refractivity contribution in [2.24, 2.45) is 0 Å². The largest absolute Gasteiger partial charge is 0.340 e. The van der Waals surface area contributed by atoms with E-state index in [1.54, 1.807) is 11.8 Å². The van der Waals surface area contributed by atoms with Crippen LogP contribution < -0.4 is 5.32 Å². The molecule has 0 aliphatic carbocycles. The summed E-state index contributed by atoms with van der Waals surface area (Å²) in [5, 5.41) is 3.15. The molecule has 0 aromatic carbocycles. The Balaban J connectivity index is 2.45. The predicted octanol–water partition coefficient (Wildman–Crippen LogP) is 0.0216. The summed E-state index contributed by atoms with van der Waals surface area (Å²) in [6.07, 6.45) is 0.526. The van der Waals surface area contributed by atoms with Crippen molar-refractivity contribution in [2.45, 2.75) is 32.7 Å². The van der Waals surface area contributed by atoms with Gasteiger partial charge in [-0.25, -0.2) is 8.42 Å². The van der Waals surface area contributed by atoms with E-state index in [0.29, 0.717) is 19.5 Å². The Morgan fingerprint density at radius 3 is 2.65 bits per heavy atom. The number of nitrogens with zero attached hydrogens (tertiary/aromatic N) is 1. The Morgan fingerprint density at radius 2 is 2.06 bits per heavy atom. The molecule has 0 atom stereocenters. The van der Waals surface area contributed by atoms with Crippen LogP contribution in [0.3, 0.4) is 0 Å². The van der Waals surface area contributed by atoms with Gasteiger partial charge in [0.05, 0.1) is 11.3 Å². The van der Waals surface area contributed by atoms with Gasteiger partial charge in [0.25, 0.3) is 0 Å². The number of hydrogen-bond donors (Lipinski definition) is 1. The van der Waals surface area contributed by atoms with Crippen LogP contribution in [0.5, 0.6) is 0 Å². The fraction of sp³-hybridized carbons (Fsp3) is 0.909. The first-order valence-corrected chi connectivity index (χ1v) is 7.85. The van der Waals surface area contributed by atoms with Crippen molar-refractivity contribution >= 4 is 15.7 Å². The van der Waals surface area contributed by atoms with Gasteiger partial charge in [-0.3, -0.25) is 4.79 Å². The minimum Gasteiger partial charge on any atom is -0.340 e. The molecule has 1 amide bonds.